The van der Waals surface area contributed by atoms with Crippen molar-refractivity contribution < 1.29 is 14.0 Å². The van der Waals surface area contributed by atoms with E-state index in [0.29, 0.717) is 11.1 Å². The smallest absolute Gasteiger partial charge is 0.278 e. The maximum Gasteiger partial charge on any atom is 0.278 e. The van der Waals surface area contributed by atoms with Crippen LogP contribution in [0.4, 0.5) is 10.1 Å². The molecule has 0 unspecified atom stereocenters. The van der Waals surface area contributed by atoms with Crippen molar-refractivity contribution in [1.82, 2.24) is 4.90 Å². The van der Waals surface area contributed by atoms with E-state index in [-0.39, 0.29) is 24.0 Å². The predicted octanol–water partition coefficient (Wildman–Crippen LogP) is 4.28. The van der Waals surface area contributed by atoms with E-state index in [2.05, 4.69) is 5.32 Å². The molecule has 0 atom stereocenters. The molecular weight excluding hydrogens is 363 g/mol. The molecule has 6 heteroatoms. The Bertz CT molecular complexity index is 1010. The van der Waals surface area contributed by atoms with Gasteiger partial charge in [0, 0.05) is 10.6 Å². The molecule has 134 valence electrons. The highest BCUT2D eigenvalue weighted by Crippen LogP contribution is 2.33. The maximum absolute atomic E-state index is 13.1. The van der Waals surface area contributed by atoms with Gasteiger partial charge < -0.3 is 5.32 Å². The van der Waals surface area contributed by atoms with Crippen LogP contribution < -0.4 is 5.32 Å². The summed E-state index contributed by atoms with van der Waals surface area (Å²) in [6, 6.07) is 18.7. The largest absolute Gasteiger partial charge is 0.350 e. The number of imide groups is 1. The number of thiophene rings is 1. The number of nitrogens with zero attached hydrogens (tertiary/aromatic N) is 1. The number of hydrogen-bond donors (Lipinski definition) is 1. The van der Waals surface area contributed by atoms with E-state index in [1.165, 1.54) is 28.4 Å². The van der Waals surface area contributed by atoms with E-state index in [4.69, 9.17) is 0 Å². The van der Waals surface area contributed by atoms with Crippen molar-refractivity contribution in [1.29, 1.82) is 0 Å². The lowest BCUT2D eigenvalue weighted by Gasteiger charge is -2.15. The fourth-order valence-electron chi connectivity index (χ4n) is 2.92. The van der Waals surface area contributed by atoms with Crippen molar-refractivity contribution in [2.45, 2.75) is 6.54 Å². The zero-order valence-corrected chi connectivity index (χ0v) is 15.0. The van der Waals surface area contributed by atoms with Crippen LogP contribution in [0.3, 0.4) is 0 Å². The molecule has 0 saturated heterocycles. The highest BCUT2D eigenvalue weighted by molar-refractivity contribution is 7.11. The number of nitrogens with one attached hydrogen (secondary N) is 1. The van der Waals surface area contributed by atoms with Crippen molar-refractivity contribution >= 4 is 34.4 Å². The maximum atomic E-state index is 13.1. The normalized spacial score (nSPS) is 14.2. The Morgan fingerprint density at radius 1 is 0.889 bits per heavy atom. The average Bonchev–Trinajstić information content (AvgIpc) is 3.28. The van der Waals surface area contributed by atoms with Crippen molar-refractivity contribution in [3.63, 3.8) is 0 Å². The van der Waals surface area contributed by atoms with E-state index >= 15 is 0 Å². The Morgan fingerprint density at radius 2 is 1.63 bits per heavy atom. The van der Waals surface area contributed by atoms with E-state index in [9.17, 15) is 14.0 Å². The SMILES string of the molecule is O=C1C(Nc2ccccc2)=C(c2cccs2)C(=O)N1Cc1ccc(F)cc1. The standard InChI is InChI=1S/C21H15FN2O2S/c22-15-10-8-14(9-11-15)13-24-20(25)18(17-7-4-12-27-17)19(21(24)26)23-16-5-2-1-3-6-16/h1-12,23H,13H2. The number of rotatable bonds is 5. The Balaban J connectivity index is 1.69. The molecule has 0 radical (unpaired) electrons. The third-order valence-corrected chi connectivity index (χ3v) is 5.12. The number of anilines is 1. The van der Waals surface area contributed by atoms with Crippen LogP contribution in [0.1, 0.15) is 10.4 Å². The molecule has 3 aromatic rings. The molecule has 2 amide bonds. The molecule has 0 bridgehead atoms. The van der Waals surface area contributed by atoms with Gasteiger partial charge in [0.25, 0.3) is 11.8 Å². The second-order valence-corrected chi connectivity index (χ2v) is 6.99. The molecule has 1 aliphatic rings. The van der Waals surface area contributed by atoms with Crippen LogP contribution in [-0.4, -0.2) is 16.7 Å². The first kappa shape index (κ1) is 17.2. The van der Waals surface area contributed by atoms with Gasteiger partial charge in [-0.2, -0.15) is 0 Å². The quantitative estimate of drug-likeness (QED) is 0.674. The summed E-state index contributed by atoms with van der Waals surface area (Å²) in [6.45, 7) is 0.0901. The Morgan fingerprint density at radius 3 is 2.30 bits per heavy atom. The lowest BCUT2D eigenvalue weighted by atomic mass is 10.2. The lowest BCUT2D eigenvalue weighted by molar-refractivity contribution is -0.137. The monoisotopic (exact) mass is 378 g/mol. The van der Waals surface area contributed by atoms with Crippen molar-refractivity contribution in [2.75, 3.05) is 5.32 Å². The molecule has 1 N–H and O–H groups in total. The fraction of sp³-hybridized carbons (Fsp3) is 0.0476. The summed E-state index contributed by atoms with van der Waals surface area (Å²) in [6.07, 6.45) is 0. The highest BCUT2D eigenvalue weighted by atomic mass is 32.1. The zero-order valence-electron chi connectivity index (χ0n) is 14.2. The van der Waals surface area contributed by atoms with Gasteiger partial charge in [-0.3, -0.25) is 14.5 Å². The van der Waals surface area contributed by atoms with Crippen molar-refractivity contribution in [3.8, 4) is 0 Å². The average molecular weight is 378 g/mol. The van der Waals surface area contributed by atoms with Gasteiger partial charge in [-0.25, -0.2) is 4.39 Å². The summed E-state index contributed by atoms with van der Waals surface area (Å²) in [5.41, 5.74) is 2.03. The summed E-state index contributed by atoms with van der Waals surface area (Å²) in [5.74, 6) is -1.11. The topological polar surface area (TPSA) is 49.4 Å². The summed E-state index contributed by atoms with van der Waals surface area (Å²) in [7, 11) is 0. The molecule has 0 spiro atoms. The van der Waals surface area contributed by atoms with Crippen LogP contribution >= 0.6 is 11.3 Å². The number of amides is 2. The van der Waals surface area contributed by atoms with Crippen LogP contribution in [0.15, 0.2) is 77.8 Å². The minimum atomic E-state index is -0.392. The molecule has 2 aromatic carbocycles. The van der Waals surface area contributed by atoms with Crippen molar-refractivity contribution in [3.05, 3.63) is 94.1 Å². The Kier molecular flexibility index (Phi) is 4.56. The third-order valence-electron chi connectivity index (χ3n) is 4.23. The number of halogens is 1. The molecule has 0 saturated carbocycles. The van der Waals surface area contributed by atoms with E-state index < -0.39 is 5.91 Å². The van der Waals surface area contributed by atoms with Crippen LogP contribution in [0, 0.1) is 5.82 Å². The van der Waals surface area contributed by atoms with E-state index in [0.717, 1.165) is 10.6 Å². The zero-order chi connectivity index (χ0) is 18.8. The molecule has 4 rings (SSSR count). The highest BCUT2D eigenvalue weighted by Gasteiger charge is 2.39. The first-order valence-corrected chi connectivity index (χ1v) is 9.22. The van der Waals surface area contributed by atoms with Gasteiger partial charge in [-0.05, 0) is 41.3 Å². The molecule has 1 aliphatic heterocycles. The Labute approximate surface area is 159 Å². The second kappa shape index (κ2) is 7.17. The minimum Gasteiger partial charge on any atom is -0.350 e. The summed E-state index contributed by atoms with van der Waals surface area (Å²) in [5, 5.41) is 4.96. The van der Waals surface area contributed by atoms with Gasteiger partial charge in [0.1, 0.15) is 11.5 Å². The molecule has 2 heterocycles. The van der Waals surface area contributed by atoms with Crippen LogP contribution in [0.5, 0.6) is 0 Å². The van der Waals surface area contributed by atoms with Crippen LogP contribution in [0.25, 0.3) is 5.57 Å². The first-order chi connectivity index (χ1) is 13.1. The molecular formula is C21H15FN2O2S. The number of hydrogen-bond acceptors (Lipinski definition) is 4. The predicted molar refractivity (Wildman–Crippen MR) is 103 cm³/mol. The van der Waals surface area contributed by atoms with Gasteiger partial charge in [0.15, 0.2) is 0 Å². The summed E-state index contributed by atoms with van der Waals surface area (Å²) in [4.78, 5) is 28.0. The molecule has 0 fully saturated rings. The van der Waals surface area contributed by atoms with E-state index in [1.807, 2.05) is 47.8 Å². The molecule has 0 aliphatic carbocycles. The molecule has 27 heavy (non-hydrogen) atoms. The number of benzene rings is 2. The Hall–Kier alpha value is -3.25. The number of carbonyl (C=O) groups is 2. The van der Waals surface area contributed by atoms with Gasteiger partial charge >= 0.3 is 0 Å². The van der Waals surface area contributed by atoms with Crippen LogP contribution in [-0.2, 0) is 16.1 Å². The lowest BCUT2D eigenvalue weighted by Crippen LogP contribution is -2.31. The molecule has 1 aromatic heterocycles. The van der Waals surface area contributed by atoms with Crippen LogP contribution in [0.2, 0.25) is 0 Å². The molecule has 4 nitrogen and oxygen atoms in total. The van der Waals surface area contributed by atoms with Gasteiger partial charge in [0.2, 0.25) is 0 Å². The number of para-hydroxylation sites is 1. The van der Waals surface area contributed by atoms with Gasteiger partial charge in [-0.1, -0.05) is 36.4 Å². The minimum absolute atomic E-state index is 0.0901. The summed E-state index contributed by atoms with van der Waals surface area (Å²) >= 11 is 1.40. The summed E-state index contributed by atoms with van der Waals surface area (Å²) < 4.78 is 13.1. The first-order valence-electron chi connectivity index (χ1n) is 8.34. The van der Waals surface area contributed by atoms with Crippen molar-refractivity contribution in [2.24, 2.45) is 0 Å². The van der Waals surface area contributed by atoms with Gasteiger partial charge in [-0.15, -0.1) is 11.3 Å². The third kappa shape index (κ3) is 3.39. The number of carbonyl (C=O) groups excluding carboxylic acids is 2. The second-order valence-electron chi connectivity index (χ2n) is 6.04. The van der Waals surface area contributed by atoms with E-state index in [1.54, 1.807) is 12.1 Å². The van der Waals surface area contributed by atoms with Gasteiger partial charge in [0.05, 0.1) is 12.1 Å². The fourth-order valence-corrected chi connectivity index (χ4v) is 3.69.